The molecule has 0 aromatic heterocycles. The zero-order valence-corrected chi connectivity index (χ0v) is 15.6. The Balaban J connectivity index is 2.32. The van der Waals surface area contributed by atoms with Crippen LogP contribution in [-0.2, 0) is 10.0 Å². The molecule has 1 heterocycles. The topological polar surface area (TPSA) is 76.1 Å². The molecular formula is C17H27NO5S. The van der Waals surface area contributed by atoms with Gasteiger partial charge in [0, 0.05) is 25.8 Å². The molecule has 2 rings (SSSR count). The molecule has 1 N–H and O–H groups in total. The fraction of sp³-hybridized carbons (Fsp3) is 0.647. The van der Waals surface area contributed by atoms with E-state index in [9.17, 15) is 13.5 Å². The van der Waals surface area contributed by atoms with Gasteiger partial charge in [-0.05, 0) is 29.9 Å². The molecule has 0 fully saturated rings. The maximum Gasteiger partial charge on any atom is 0.243 e. The highest BCUT2D eigenvalue weighted by Crippen LogP contribution is 2.35. The first-order valence-electron chi connectivity index (χ1n) is 8.16. The molecule has 0 spiro atoms. The summed E-state index contributed by atoms with van der Waals surface area (Å²) in [6.07, 6.45) is 0.540. The van der Waals surface area contributed by atoms with E-state index in [2.05, 4.69) is 0 Å². The fourth-order valence-corrected chi connectivity index (χ4v) is 4.51. The molecule has 24 heavy (non-hydrogen) atoms. The smallest absolute Gasteiger partial charge is 0.243 e. The Hall–Kier alpha value is -1.31. The maximum absolute atomic E-state index is 13.1. The number of hydrogen-bond acceptors (Lipinski definition) is 5. The van der Waals surface area contributed by atoms with E-state index in [-0.39, 0.29) is 29.6 Å². The summed E-state index contributed by atoms with van der Waals surface area (Å²) in [6, 6.07) is 4.70. The second-order valence-electron chi connectivity index (χ2n) is 7.34. The third kappa shape index (κ3) is 4.40. The van der Waals surface area contributed by atoms with Gasteiger partial charge >= 0.3 is 0 Å². The van der Waals surface area contributed by atoms with Crippen molar-refractivity contribution in [1.82, 2.24) is 4.31 Å². The molecule has 0 saturated heterocycles. The van der Waals surface area contributed by atoms with Gasteiger partial charge in [0.2, 0.25) is 16.8 Å². The predicted octanol–water partition coefficient (Wildman–Crippen LogP) is 2.47. The molecule has 0 aliphatic carbocycles. The fourth-order valence-electron chi connectivity index (χ4n) is 2.70. The quantitative estimate of drug-likeness (QED) is 0.773. The Morgan fingerprint density at radius 3 is 2.54 bits per heavy atom. The standard InChI is InChI=1S/C17H27NO5S/c1-13(2)10-18(11-17(3,4)7-8-19)24(20,21)14-5-6-15-16(9-14)23-12-22-15/h5-6,9,13,19H,7-8,10-12H2,1-4H3. The van der Waals surface area contributed by atoms with Gasteiger partial charge in [0.05, 0.1) is 4.90 Å². The van der Waals surface area contributed by atoms with Gasteiger partial charge in [0.1, 0.15) is 0 Å². The molecule has 136 valence electrons. The molecule has 0 saturated carbocycles. The van der Waals surface area contributed by atoms with Gasteiger partial charge in [-0.2, -0.15) is 4.31 Å². The van der Waals surface area contributed by atoms with Gasteiger partial charge in [0.25, 0.3) is 0 Å². The molecule has 1 aromatic rings. The van der Waals surface area contributed by atoms with Crippen LogP contribution in [0.2, 0.25) is 0 Å². The highest BCUT2D eigenvalue weighted by Gasteiger charge is 2.32. The molecule has 0 radical (unpaired) electrons. The van der Waals surface area contributed by atoms with E-state index < -0.39 is 10.0 Å². The monoisotopic (exact) mass is 357 g/mol. The van der Waals surface area contributed by atoms with Crippen molar-refractivity contribution in [2.75, 3.05) is 26.5 Å². The van der Waals surface area contributed by atoms with E-state index >= 15 is 0 Å². The number of aliphatic hydroxyl groups excluding tert-OH is 1. The number of rotatable bonds is 8. The molecule has 1 aliphatic heterocycles. The lowest BCUT2D eigenvalue weighted by Crippen LogP contribution is -2.41. The van der Waals surface area contributed by atoms with Crippen LogP contribution in [-0.4, -0.2) is 44.3 Å². The van der Waals surface area contributed by atoms with Crippen LogP contribution in [0, 0.1) is 11.3 Å². The van der Waals surface area contributed by atoms with Crippen molar-refractivity contribution >= 4 is 10.0 Å². The molecule has 0 atom stereocenters. The first kappa shape index (κ1) is 19.0. The minimum atomic E-state index is -3.65. The molecule has 0 unspecified atom stereocenters. The second kappa shape index (κ2) is 7.29. The maximum atomic E-state index is 13.1. The van der Waals surface area contributed by atoms with Gasteiger partial charge in [0.15, 0.2) is 11.5 Å². The predicted molar refractivity (Wildman–Crippen MR) is 91.6 cm³/mol. The zero-order valence-electron chi connectivity index (χ0n) is 14.8. The highest BCUT2D eigenvalue weighted by molar-refractivity contribution is 7.89. The second-order valence-corrected chi connectivity index (χ2v) is 9.28. The Bertz CT molecular complexity index is 670. The van der Waals surface area contributed by atoms with Crippen LogP contribution in [0.5, 0.6) is 11.5 Å². The number of sulfonamides is 1. The number of benzene rings is 1. The Kier molecular flexibility index (Phi) is 5.78. The summed E-state index contributed by atoms with van der Waals surface area (Å²) in [5, 5.41) is 9.22. The average molecular weight is 357 g/mol. The van der Waals surface area contributed by atoms with Crippen LogP contribution >= 0.6 is 0 Å². The van der Waals surface area contributed by atoms with Gasteiger partial charge in [-0.1, -0.05) is 27.7 Å². The summed E-state index contributed by atoms with van der Waals surface area (Å²) in [6.45, 7) is 8.82. The van der Waals surface area contributed by atoms with Crippen molar-refractivity contribution in [3.63, 3.8) is 0 Å². The van der Waals surface area contributed by atoms with Crippen LogP contribution in [0.3, 0.4) is 0 Å². The van der Waals surface area contributed by atoms with Gasteiger partial charge in [-0.25, -0.2) is 8.42 Å². The van der Waals surface area contributed by atoms with Gasteiger partial charge in [-0.15, -0.1) is 0 Å². The number of nitrogens with zero attached hydrogens (tertiary/aromatic N) is 1. The number of fused-ring (bicyclic) bond motifs is 1. The molecule has 7 heteroatoms. The Morgan fingerprint density at radius 1 is 1.25 bits per heavy atom. The van der Waals surface area contributed by atoms with Crippen molar-refractivity contribution in [1.29, 1.82) is 0 Å². The normalized spacial score (nSPS) is 14.6. The summed E-state index contributed by atoms with van der Waals surface area (Å²) >= 11 is 0. The third-order valence-electron chi connectivity index (χ3n) is 3.94. The van der Waals surface area contributed by atoms with Gasteiger partial charge < -0.3 is 14.6 Å². The number of hydrogen-bond donors (Lipinski definition) is 1. The number of aliphatic hydroxyl groups is 1. The molecule has 0 amide bonds. The number of ether oxygens (including phenoxy) is 2. The van der Waals surface area contributed by atoms with Crippen LogP contribution in [0.25, 0.3) is 0 Å². The summed E-state index contributed by atoms with van der Waals surface area (Å²) in [5.74, 6) is 1.21. The van der Waals surface area contributed by atoms with Crippen molar-refractivity contribution < 1.29 is 23.0 Å². The Morgan fingerprint density at radius 2 is 1.92 bits per heavy atom. The highest BCUT2D eigenvalue weighted by atomic mass is 32.2. The lowest BCUT2D eigenvalue weighted by molar-refractivity contribution is 0.173. The lowest BCUT2D eigenvalue weighted by Gasteiger charge is -2.32. The lowest BCUT2D eigenvalue weighted by atomic mass is 9.89. The van der Waals surface area contributed by atoms with Gasteiger partial charge in [-0.3, -0.25) is 0 Å². The average Bonchev–Trinajstić information content (AvgIpc) is 2.92. The molecule has 1 aliphatic rings. The minimum Gasteiger partial charge on any atom is -0.454 e. The zero-order chi connectivity index (χ0) is 18.0. The SMILES string of the molecule is CC(C)CN(CC(C)(C)CCO)S(=O)(=O)c1ccc2c(c1)OCO2. The van der Waals surface area contributed by atoms with E-state index in [1.54, 1.807) is 12.1 Å². The largest absolute Gasteiger partial charge is 0.454 e. The molecule has 0 bridgehead atoms. The first-order chi connectivity index (χ1) is 11.2. The van der Waals surface area contributed by atoms with Crippen LogP contribution in [0.15, 0.2) is 23.1 Å². The minimum absolute atomic E-state index is 0.0343. The third-order valence-corrected chi connectivity index (χ3v) is 5.75. The van der Waals surface area contributed by atoms with Crippen LogP contribution < -0.4 is 9.47 Å². The Labute approximate surface area is 144 Å². The van der Waals surface area contributed by atoms with Crippen molar-refractivity contribution in [3.8, 4) is 11.5 Å². The summed E-state index contributed by atoms with van der Waals surface area (Å²) in [4.78, 5) is 0.201. The van der Waals surface area contributed by atoms with Crippen LogP contribution in [0.4, 0.5) is 0 Å². The molecule has 1 aromatic carbocycles. The van der Waals surface area contributed by atoms with Crippen molar-refractivity contribution in [2.45, 2.75) is 39.0 Å². The van der Waals surface area contributed by atoms with E-state index in [0.717, 1.165) is 0 Å². The summed E-state index contributed by atoms with van der Waals surface area (Å²) in [7, 11) is -3.65. The molecule has 6 nitrogen and oxygen atoms in total. The van der Waals surface area contributed by atoms with E-state index in [1.165, 1.54) is 10.4 Å². The first-order valence-corrected chi connectivity index (χ1v) is 9.60. The van der Waals surface area contributed by atoms with E-state index in [1.807, 2.05) is 27.7 Å². The summed E-state index contributed by atoms with van der Waals surface area (Å²) < 4.78 is 38.3. The van der Waals surface area contributed by atoms with Crippen molar-refractivity contribution in [3.05, 3.63) is 18.2 Å². The summed E-state index contributed by atoms with van der Waals surface area (Å²) in [5.41, 5.74) is -0.312. The van der Waals surface area contributed by atoms with Crippen LogP contribution in [0.1, 0.15) is 34.1 Å². The van der Waals surface area contributed by atoms with E-state index in [0.29, 0.717) is 31.0 Å². The van der Waals surface area contributed by atoms with Crippen molar-refractivity contribution in [2.24, 2.45) is 11.3 Å². The molecular weight excluding hydrogens is 330 g/mol. The van der Waals surface area contributed by atoms with E-state index in [4.69, 9.17) is 9.47 Å².